The maximum Gasteiger partial charge on any atom is 0.306 e. The van der Waals surface area contributed by atoms with Crippen LogP contribution in [0.4, 0.5) is 0 Å². The molecular weight excluding hydrogens is 885 g/mol. The van der Waals surface area contributed by atoms with E-state index in [0.717, 1.165) is 9.79 Å². The summed E-state index contributed by atoms with van der Waals surface area (Å²) in [5, 5.41) is 27.3. The SMILES string of the molecule is CC(C)(C)/N=N/C(C)(CCC(=O)OCCSC(C)(C)/N=N/C(C)(C)SCCOC(=O)CCC(C)(/N=N/C(C)(C)C)Oc1ccc(SC(C)(C)C)cc1)Oc1ccc(SC(C)(C)C)cc1. The van der Waals surface area contributed by atoms with Crippen molar-refractivity contribution in [3.05, 3.63) is 48.5 Å². The third-order valence-corrected chi connectivity index (χ3v) is 12.6. The number of rotatable bonds is 24. The van der Waals surface area contributed by atoms with Crippen molar-refractivity contribution in [2.45, 2.75) is 202 Å². The molecular formula is C48H78N6O6S4. The average molecular weight is 963 g/mol. The van der Waals surface area contributed by atoms with Gasteiger partial charge < -0.3 is 18.9 Å². The predicted octanol–water partition coefficient (Wildman–Crippen LogP) is 14.9. The highest BCUT2D eigenvalue weighted by atomic mass is 32.2. The lowest BCUT2D eigenvalue weighted by atomic mass is 10.1. The van der Waals surface area contributed by atoms with Crippen molar-refractivity contribution in [1.29, 1.82) is 0 Å². The van der Waals surface area contributed by atoms with E-state index in [9.17, 15) is 9.59 Å². The molecule has 0 saturated heterocycles. The molecule has 0 aromatic heterocycles. The van der Waals surface area contributed by atoms with Crippen LogP contribution in [0.1, 0.15) is 150 Å². The van der Waals surface area contributed by atoms with Crippen LogP contribution in [-0.4, -0.2) is 78.4 Å². The molecule has 360 valence electrons. The van der Waals surface area contributed by atoms with Crippen LogP contribution in [0, 0.1) is 0 Å². The van der Waals surface area contributed by atoms with Crippen LogP contribution < -0.4 is 9.47 Å². The first kappa shape index (κ1) is 57.3. The second-order valence-electron chi connectivity index (χ2n) is 20.9. The van der Waals surface area contributed by atoms with Crippen molar-refractivity contribution in [3.8, 4) is 11.5 Å². The summed E-state index contributed by atoms with van der Waals surface area (Å²) in [5.41, 5.74) is -2.90. The van der Waals surface area contributed by atoms with Crippen molar-refractivity contribution in [2.24, 2.45) is 30.7 Å². The Labute approximate surface area is 402 Å². The minimum Gasteiger partial charge on any atom is -0.465 e. The molecule has 0 amide bonds. The minimum absolute atomic E-state index is 0.0953. The Morgan fingerprint density at radius 2 is 0.766 bits per heavy atom. The zero-order valence-corrected chi connectivity index (χ0v) is 45.3. The summed E-state index contributed by atoms with van der Waals surface area (Å²) in [6.07, 6.45) is 0.842. The average Bonchev–Trinajstić information content (AvgIpc) is 3.15. The second kappa shape index (κ2) is 24.3. The number of esters is 2. The third-order valence-electron chi connectivity index (χ3n) is 8.02. The quantitative estimate of drug-likeness (QED) is 0.0431. The van der Waals surface area contributed by atoms with E-state index >= 15 is 0 Å². The summed E-state index contributed by atoms with van der Waals surface area (Å²) >= 11 is 6.66. The topological polar surface area (TPSA) is 145 Å². The summed E-state index contributed by atoms with van der Waals surface area (Å²) in [7, 11) is 0. The van der Waals surface area contributed by atoms with E-state index in [2.05, 4.69) is 72.2 Å². The number of thioether (sulfide) groups is 4. The molecule has 2 aromatic rings. The Hall–Kier alpha value is -2.82. The number of hydrogen-bond donors (Lipinski definition) is 0. The van der Waals surface area contributed by atoms with Gasteiger partial charge in [0.1, 0.15) is 34.5 Å². The van der Waals surface area contributed by atoms with Gasteiger partial charge in [0.2, 0.25) is 11.4 Å². The number of azo groups is 3. The maximum absolute atomic E-state index is 12.9. The summed E-state index contributed by atoms with van der Waals surface area (Å²) < 4.78 is 24.0. The summed E-state index contributed by atoms with van der Waals surface area (Å²) in [5.74, 6) is 1.74. The van der Waals surface area contributed by atoms with Gasteiger partial charge >= 0.3 is 11.9 Å². The van der Waals surface area contributed by atoms with E-state index in [0.29, 0.717) is 35.8 Å². The lowest BCUT2D eigenvalue weighted by molar-refractivity contribution is -0.145. The molecule has 0 aliphatic rings. The first-order chi connectivity index (χ1) is 29.1. The molecule has 2 unspecified atom stereocenters. The minimum atomic E-state index is -1.05. The van der Waals surface area contributed by atoms with Crippen LogP contribution in [-0.2, 0) is 19.1 Å². The van der Waals surface area contributed by atoms with E-state index in [1.165, 1.54) is 0 Å². The number of nitrogens with zero attached hydrogens (tertiary/aromatic N) is 6. The first-order valence-corrected chi connectivity index (χ1v) is 25.6. The highest BCUT2D eigenvalue weighted by Gasteiger charge is 2.31. The summed E-state index contributed by atoms with van der Waals surface area (Å²) in [6, 6.07) is 15.8. The molecule has 0 spiro atoms. The molecule has 2 atom stereocenters. The first-order valence-electron chi connectivity index (χ1n) is 22.0. The van der Waals surface area contributed by atoms with Crippen molar-refractivity contribution in [1.82, 2.24) is 0 Å². The van der Waals surface area contributed by atoms with Gasteiger partial charge in [0, 0.05) is 43.6 Å². The molecule has 2 rings (SSSR count). The molecule has 0 aliphatic carbocycles. The summed E-state index contributed by atoms with van der Waals surface area (Å²) in [6.45, 7) is 36.9. The molecule has 64 heavy (non-hydrogen) atoms. The Kier molecular flexibility index (Phi) is 21.7. The molecule has 0 N–H and O–H groups in total. The lowest BCUT2D eigenvalue weighted by Gasteiger charge is -2.27. The Bertz CT molecular complexity index is 1710. The monoisotopic (exact) mass is 962 g/mol. The fraction of sp³-hybridized carbons (Fsp3) is 0.708. The fourth-order valence-electron chi connectivity index (χ4n) is 5.13. The maximum atomic E-state index is 12.9. The van der Waals surface area contributed by atoms with Crippen LogP contribution in [0.3, 0.4) is 0 Å². The van der Waals surface area contributed by atoms with E-state index < -0.39 is 32.3 Å². The van der Waals surface area contributed by atoms with E-state index in [-0.39, 0.29) is 47.5 Å². The van der Waals surface area contributed by atoms with Gasteiger partial charge in [-0.1, -0.05) is 41.5 Å². The van der Waals surface area contributed by atoms with Gasteiger partial charge in [0.15, 0.2) is 0 Å². The van der Waals surface area contributed by atoms with Gasteiger partial charge in [-0.05, 0) is 132 Å². The molecule has 0 aliphatic heterocycles. The Balaban J connectivity index is 1.83. The van der Waals surface area contributed by atoms with Gasteiger partial charge in [-0.25, -0.2) is 0 Å². The highest BCUT2D eigenvalue weighted by molar-refractivity contribution is 8.01. The van der Waals surface area contributed by atoms with E-state index in [1.54, 1.807) is 47.0 Å². The number of carbonyl (C=O) groups excluding carboxylic acids is 2. The van der Waals surface area contributed by atoms with Crippen molar-refractivity contribution in [2.75, 3.05) is 24.7 Å². The van der Waals surface area contributed by atoms with Gasteiger partial charge in [0.05, 0.1) is 23.9 Å². The molecule has 0 radical (unpaired) electrons. The largest absolute Gasteiger partial charge is 0.465 e. The predicted molar refractivity (Wildman–Crippen MR) is 270 cm³/mol. The van der Waals surface area contributed by atoms with Crippen LogP contribution in [0.2, 0.25) is 0 Å². The molecule has 12 nitrogen and oxygen atoms in total. The summed E-state index contributed by atoms with van der Waals surface area (Å²) in [4.78, 5) is 26.9. The highest BCUT2D eigenvalue weighted by Crippen LogP contribution is 2.36. The standard InChI is InChI=1S/C48H78N6O6S4/c1-41(2,3)49-53-47(17,59-35-19-23-37(24-20-35)63-43(7,8)9)29-27-39(55)57-31-33-61-45(13,14)51-52-46(15,16)62-34-32-58-40(56)28-30-48(18,54-50-42(4,5)6)60-36-21-25-38(26-22-36)64-44(10,11)12/h19-26H,27-34H2,1-18H3/b52-51+,53-49+,54-50+. The lowest BCUT2D eigenvalue weighted by Crippen LogP contribution is -2.31. The van der Waals surface area contributed by atoms with E-state index in [4.69, 9.17) is 18.9 Å². The molecule has 0 heterocycles. The molecule has 2 aromatic carbocycles. The number of benzene rings is 2. The van der Waals surface area contributed by atoms with Crippen LogP contribution in [0.25, 0.3) is 0 Å². The number of ether oxygens (including phenoxy) is 4. The second-order valence-corrected chi connectivity index (χ2v) is 28.1. The zero-order valence-electron chi connectivity index (χ0n) is 42.0. The smallest absolute Gasteiger partial charge is 0.306 e. The normalized spacial score (nSPS) is 15.3. The molecule has 0 fully saturated rings. The van der Waals surface area contributed by atoms with Crippen LogP contribution >= 0.6 is 47.0 Å². The van der Waals surface area contributed by atoms with Gasteiger partial charge in [-0.15, -0.1) is 57.3 Å². The Morgan fingerprint density at radius 1 is 0.453 bits per heavy atom. The van der Waals surface area contributed by atoms with Gasteiger partial charge in [0.25, 0.3) is 0 Å². The molecule has 0 bridgehead atoms. The Morgan fingerprint density at radius 3 is 1.05 bits per heavy atom. The van der Waals surface area contributed by atoms with Crippen LogP contribution in [0.5, 0.6) is 11.5 Å². The van der Waals surface area contributed by atoms with E-state index in [1.807, 2.05) is 132 Å². The van der Waals surface area contributed by atoms with Gasteiger partial charge in [-0.3, -0.25) is 9.59 Å². The third kappa shape index (κ3) is 27.0. The van der Waals surface area contributed by atoms with Gasteiger partial charge in [-0.2, -0.15) is 20.5 Å². The van der Waals surface area contributed by atoms with Crippen molar-refractivity contribution in [3.63, 3.8) is 0 Å². The van der Waals surface area contributed by atoms with Crippen molar-refractivity contribution >= 4 is 59.0 Å². The fourth-order valence-corrected chi connectivity index (χ4v) is 8.61. The number of hydrogen-bond acceptors (Lipinski definition) is 16. The zero-order chi connectivity index (χ0) is 48.7. The molecule has 0 saturated carbocycles. The van der Waals surface area contributed by atoms with Crippen molar-refractivity contribution < 1.29 is 28.5 Å². The van der Waals surface area contributed by atoms with Crippen LogP contribution in [0.15, 0.2) is 89.0 Å². The molecule has 16 heteroatoms. The number of carbonyl (C=O) groups is 2.